The van der Waals surface area contributed by atoms with Crippen LogP contribution in [0.4, 0.5) is 13.6 Å². The highest BCUT2D eigenvalue weighted by Crippen LogP contribution is 2.47. The zero-order valence-corrected chi connectivity index (χ0v) is 22.0. The van der Waals surface area contributed by atoms with E-state index < -0.39 is 29.2 Å². The number of unbranched alkanes of at least 4 members (excludes halogenated alkanes) is 1. The van der Waals surface area contributed by atoms with Crippen LogP contribution in [-0.2, 0) is 10.3 Å². The lowest BCUT2D eigenvalue weighted by Gasteiger charge is -2.51. The second-order valence-electron chi connectivity index (χ2n) is 10.8. The highest BCUT2D eigenvalue weighted by Gasteiger charge is 2.50. The summed E-state index contributed by atoms with van der Waals surface area (Å²) >= 11 is 0. The summed E-state index contributed by atoms with van der Waals surface area (Å²) in [7, 11) is 3.51. The number of halogens is 2. The highest BCUT2D eigenvalue weighted by atomic mass is 19.1. The van der Waals surface area contributed by atoms with E-state index in [4.69, 9.17) is 10.5 Å². The number of nitrogens with one attached hydrogen (secondary N) is 1. The van der Waals surface area contributed by atoms with E-state index in [1.807, 2.05) is 7.05 Å². The maximum atomic E-state index is 15.2. The van der Waals surface area contributed by atoms with Crippen molar-refractivity contribution in [2.75, 3.05) is 33.9 Å². The Kier molecular flexibility index (Phi) is 10.9. The minimum atomic E-state index is -1.64. The van der Waals surface area contributed by atoms with Crippen molar-refractivity contribution < 1.29 is 23.4 Å². The number of methoxy groups -OCH3 is 1. The van der Waals surface area contributed by atoms with Gasteiger partial charge in [0.1, 0.15) is 11.6 Å². The number of nitrogens with two attached hydrogens (primary N) is 1. The van der Waals surface area contributed by atoms with Gasteiger partial charge in [-0.1, -0.05) is 32.1 Å². The molecule has 1 saturated heterocycles. The smallest absolute Gasteiger partial charge is 0.315 e. The Morgan fingerprint density at radius 3 is 2.64 bits per heavy atom. The van der Waals surface area contributed by atoms with Gasteiger partial charge >= 0.3 is 6.03 Å². The number of amides is 2. The van der Waals surface area contributed by atoms with Gasteiger partial charge < -0.3 is 25.8 Å². The number of piperidine rings is 1. The Labute approximate surface area is 214 Å². The molecular weight excluding hydrogens is 464 g/mol. The third-order valence-corrected chi connectivity index (χ3v) is 8.44. The summed E-state index contributed by atoms with van der Waals surface area (Å²) in [6, 6.07) is 2.39. The fourth-order valence-corrected chi connectivity index (χ4v) is 6.83. The molecule has 0 radical (unpaired) electrons. The molecule has 2 amide bonds. The van der Waals surface area contributed by atoms with Crippen LogP contribution in [0, 0.1) is 29.4 Å². The lowest BCUT2D eigenvalue weighted by molar-refractivity contribution is -0.0955. The molecule has 1 aromatic carbocycles. The van der Waals surface area contributed by atoms with E-state index in [1.165, 1.54) is 19.3 Å². The highest BCUT2D eigenvalue weighted by molar-refractivity contribution is 5.72. The van der Waals surface area contributed by atoms with Crippen LogP contribution in [0.5, 0.6) is 0 Å². The zero-order valence-electron chi connectivity index (χ0n) is 22.0. The van der Waals surface area contributed by atoms with Crippen LogP contribution < -0.4 is 11.1 Å². The van der Waals surface area contributed by atoms with Crippen molar-refractivity contribution in [2.45, 2.75) is 82.3 Å². The molecule has 2 aliphatic rings. The Morgan fingerprint density at radius 2 is 1.97 bits per heavy atom. The first-order valence-corrected chi connectivity index (χ1v) is 13.7. The summed E-state index contributed by atoms with van der Waals surface area (Å²) in [5, 5.41) is 15.7. The fraction of sp³-hybridized carbons (Fsp3) is 0.750. The van der Waals surface area contributed by atoms with E-state index in [1.54, 1.807) is 12.0 Å². The normalized spacial score (nSPS) is 23.9. The van der Waals surface area contributed by atoms with Crippen LogP contribution in [0.2, 0.25) is 0 Å². The van der Waals surface area contributed by atoms with Crippen molar-refractivity contribution in [2.24, 2.45) is 23.5 Å². The number of primary amides is 1. The lowest BCUT2D eigenvalue weighted by Crippen LogP contribution is -2.60. The standard InChI is InChI=1S/C28H45F2N3O3/c1-32-19-21(17-20-9-4-3-5-10-20)26-23(11-8-15-33(26)27(31)34)28(35,14-6-7-16-36-2)24-18-22(29)12-13-25(24)30/h12-13,18,20-21,23,26,32,35H,3-11,14-17,19H2,1-2H3,(H2,31,34)/t21-,23?,26?,28-/m0/s1. The molecule has 6 nitrogen and oxygen atoms in total. The molecule has 4 atom stereocenters. The van der Waals surface area contributed by atoms with Crippen LogP contribution >= 0.6 is 0 Å². The van der Waals surface area contributed by atoms with E-state index in [0.29, 0.717) is 51.3 Å². The summed E-state index contributed by atoms with van der Waals surface area (Å²) in [5.41, 5.74) is 4.23. The van der Waals surface area contributed by atoms with Gasteiger partial charge in [-0.25, -0.2) is 13.6 Å². The topological polar surface area (TPSA) is 87.8 Å². The maximum absolute atomic E-state index is 15.2. The maximum Gasteiger partial charge on any atom is 0.315 e. The molecular formula is C28H45F2N3O3. The van der Waals surface area contributed by atoms with Crippen LogP contribution in [-0.4, -0.2) is 55.9 Å². The first kappa shape index (κ1) is 28.8. The number of carbonyl (C=O) groups is 1. The largest absolute Gasteiger partial charge is 0.385 e. The van der Waals surface area contributed by atoms with Gasteiger partial charge in [0.2, 0.25) is 0 Å². The molecule has 0 spiro atoms. The Morgan fingerprint density at radius 1 is 1.22 bits per heavy atom. The second kappa shape index (κ2) is 13.7. The van der Waals surface area contributed by atoms with Gasteiger partial charge in [-0.3, -0.25) is 0 Å². The molecule has 1 aromatic rings. The van der Waals surface area contributed by atoms with Crippen LogP contribution in [0.15, 0.2) is 18.2 Å². The number of carbonyl (C=O) groups excluding carboxylic acids is 1. The molecule has 1 aliphatic heterocycles. The molecule has 36 heavy (non-hydrogen) atoms. The number of benzene rings is 1. The van der Waals surface area contributed by atoms with Crippen molar-refractivity contribution in [1.29, 1.82) is 0 Å². The third kappa shape index (κ3) is 6.95. The van der Waals surface area contributed by atoms with Gasteiger partial charge in [0.05, 0.1) is 5.60 Å². The number of rotatable bonds is 12. The third-order valence-electron chi connectivity index (χ3n) is 8.44. The van der Waals surface area contributed by atoms with Crippen LogP contribution in [0.1, 0.15) is 76.2 Å². The fourth-order valence-electron chi connectivity index (χ4n) is 6.83. The number of likely N-dealkylation sites (tertiary alicyclic amines) is 1. The molecule has 2 unspecified atom stereocenters. The molecule has 2 fully saturated rings. The van der Waals surface area contributed by atoms with Crippen molar-refractivity contribution in [3.8, 4) is 0 Å². The van der Waals surface area contributed by atoms with E-state index in [2.05, 4.69) is 5.32 Å². The molecule has 3 rings (SSSR count). The van der Waals surface area contributed by atoms with Gasteiger partial charge in [0.25, 0.3) is 0 Å². The number of hydrogen-bond acceptors (Lipinski definition) is 4. The predicted molar refractivity (Wildman–Crippen MR) is 137 cm³/mol. The van der Waals surface area contributed by atoms with E-state index in [9.17, 15) is 14.3 Å². The van der Waals surface area contributed by atoms with Crippen molar-refractivity contribution >= 4 is 6.03 Å². The van der Waals surface area contributed by atoms with Gasteiger partial charge in [-0.2, -0.15) is 0 Å². The molecule has 1 heterocycles. The number of hydrogen-bond donors (Lipinski definition) is 3. The average molecular weight is 510 g/mol. The minimum Gasteiger partial charge on any atom is -0.385 e. The summed E-state index contributed by atoms with van der Waals surface area (Å²) in [6.45, 7) is 1.69. The van der Waals surface area contributed by atoms with E-state index in [-0.39, 0.29) is 23.9 Å². The van der Waals surface area contributed by atoms with Crippen molar-refractivity contribution in [3.63, 3.8) is 0 Å². The SMILES string of the molecule is CNC[C@H](CC1CCCCC1)C1C([C@@](O)(CCCCOC)c2cc(F)ccc2F)CCCN1C(N)=O. The number of nitrogens with zero attached hydrogens (tertiary/aromatic N) is 1. The summed E-state index contributed by atoms with van der Waals surface area (Å²) < 4.78 is 34.8. The zero-order chi connectivity index (χ0) is 26.1. The molecule has 204 valence electrons. The summed E-state index contributed by atoms with van der Waals surface area (Å²) in [5.74, 6) is -1.10. The van der Waals surface area contributed by atoms with Gasteiger partial charge in [-0.05, 0) is 82.2 Å². The molecule has 1 saturated carbocycles. The Bertz CT molecular complexity index is 836. The Balaban J connectivity index is 2.04. The first-order valence-electron chi connectivity index (χ1n) is 13.7. The monoisotopic (exact) mass is 509 g/mol. The molecule has 8 heteroatoms. The second-order valence-corrected chi connectivity index (χ2v) is 10.8. The van der Waals surface area contributed by atoms with Gasteiger partial charge in [0.15, 0.2) is 0 Å². The quantitative estimate of drug-likeness (QED) is 0.349. The average Bonchev–Trinajstić information content (AvgIpc) is 2.88. The Hall–Kier alpha value is -1.77. The molecule has 1 aliphatic carbocycles. The minimum absolute atomic E-state index is 0.0258. The van der Waals surface area contributed by atoms with Gasteiger partial charge in [-0.15, -0.1) is 0 Å². The predicted octanol–water partition coefficient (Wildman–Crippen LogP) is 4.93. The first-order chi connectivity index (χ1) is 17.3. The summed E-state index contributed by atoms with van der Waals surface area (Å²) in [4.78, 5) is 14.4. The van der Waals surface area contributed by atoms with Crippen LogP contribution in [0.25, 0.3) is 0 Å². The molecule has 4 N–H and O–H groups in total. The van der Waals surface area contributed by atoms with E-state index >= 15 is 4.39 Å². The number of ether oxygens (including phenoxy) is 1. The summed E-state index contributed by atoms with van der Waals surface area (Å²) in [6.07, 6.45) is 9.69. The van der Waals surface area contributed by atoms with Crippen molar-refractivity contribution in [3.05, 3.63) is 35.4 Å². The number of aliphatic hydroxyl groups is 1. The lowest BCUT2D eigenvalue weighted by atomic mass is 9.65. The van der Waals surface area contributed by atoms with E-state index in [0.717, 1.165) is 37.5 Å². The molecule has 0 bridgehead atoms. The van der Waals surface area contributed by atoms with Crippen LogP contribution in [0.3, 0.4) is 0 Å². The van der Waals surface area contributed by atoms with Crippen molar-refractivity contribution in [1.82, 2.24) is 10.2 Å². The molecule has 0 aromatic heterocycles. The van der Waals surface area contributed by atoms with Gasteiger partial charge in [0, 0.05) is 37.8 Å². The number of urea groups is 1.